The summed E-state index contributed by atoms with van der Waals surface area (Å²) in [5.41, 5.74) is -1.50. The number of hydrogen-bond donors (Lipinski definition) is 1. The zero-order chi connectivity index (χ0) is 12.5. The fraction of sp³-hybridized carbons (Fsp3) is 0.222. The molecule has 0 unspecified atom stereocenters. The minimum atomic E-state index is -4.57. The van der Waals surface area contributed by atoms with Gasteiger partial charge in [0.15, 0.2) is 0 Å². The van der Waals surface area contributed by atoms with Crippen LogP contribution in [0, 0.1) is 3.57 Å². The lowest BCUT2D eigenvalue weighted by molar-refractivity contribution is -0.137. The topological polar surface area (TPSA) is 46.5 Å². The Morgan fingerprint density at radius 2 is 2.00 bits per heavy atom. The van der Waals surface area contributed by atoms with Crippen LogP contribution in [0.5, 0.6) is 5.75 Å². The molecule has 0 aliphatic heterocycles. The lowest BCUT2D eigenvalue weighted by Gasteiger charge is -2.12. The zero-order valence-corrected chi connectivity index (χ0v) is 10.1. The molecule has 0 heterocycles. The number of rotatable bonds is 2. The first-order valence-electron chi connectivity index (χ1n) is 3.95. The summed E-state index contributed by atoms with van der Waals surface area (Å²) in [4.78, 5) is 10.8. The number of halogens is 4. The number of aromatic carboxylic acids is 1. The average molecular weight is 346 g/mol. The number of ether oxygens (including phenoxy) is 1. The van der Waals surface area contributed by atoms with Gasteiger partial charge >= 0.3 is 12.1 Å². The maximum atomic E-state index is 12.4. The van der Waals surface area contributed by atoms with E-state index in [0.29, 0.717) is 6.07 Å². The van der Waals surface area contributed by atoms with Crippen LogP contribution >= 0.6 is 22.6 Å². The minimum Gasteiger partial charge on any atom is -0.495 e. The summed E-state index contributed by atoms with van der Waals surface area (Å²) in [6, 6.07) is 1.40. The highest BCUT2D eigenvalue weighted by atomic mass is 127. The summed E-state index contributed by atoms with van der Waals surface area (Å²) in [6.07, 6.45) is -4.57. The van der Waals surface area contributed by atoms with Crippen LogP contribution in [0.15, 0.2) is 12.1 Å². The molecule has 1 aromatic rings. The van der Waals surface area contributed by atoms with Crippen LogP contribution in [0.4, 0.5) is 13.2 Å². The van der Waals surface area contributed by atoms with Crippen LogP contribution in [-0.4, -0.2) is 18.2 Å². The monoisotopic (exact) mass is 346 g/mol. The Hall–Kier alpha value is -0.990. The van der Waals surface area contributed by atoms with E-state index in [1.165, 1.54) is 7.11 Å². The summed E-state index contributed by atoms with van der Waals surface area (Å²) in [7, 11) is 1.21. The van der Waals surface area contributed by atoms with Crippen LogP contribution < -0.4 is 4.74 Å². The van der Waals surface area contributed by atoms with Crippen LogP contribution in [-0.2, 0) is 6.18 Å². The van der Waals surface area contributed by atoms with Gasteiger partial charge in [0.05, 0.1) is 16.2 Å². The number of benzene rings is 1. The van der Waals surface area contributed by atoms with Gasteiger partial charge in [0.2, 0.25) is 0 Å². The van der Waals surface area contributed by atoms with Gasteiger partial charge in [-0.15, -0.1) is 0 Å². The Morgan fingerprint density at radius 3 is 2.38 bits per heavy atom. The van der Waals surface area contributed by atoms with Crippen molar-refractivity contribution in [2.75, 3.05) is 7.11 Å². The van der Waals surface area contributed by atoms with Gasteiger partial charge < -0.3 is 9.84 Å². The first kappa shape index (κ1) is 13.1. The third-order valence-electron chi connectivity index (χ3n) is 1.81. The third-order valence-corrected chi connectivity index (χ3v) is 2.61. The molecule has 0 aliphatic rings. The molecule has 16 heavy (non-hydrogen) atoms. The van der Waals surface area contributed by atoms with Crippen LogP contribution in [0.25, 0.3) is 0 Å². The second kappa shape index (κ2) is 4.48. The number of alkyl halides is 3. The van der Waals surface area contributed by atoms with E-state index in [9.17, 15) is 18.0 Å². The van der Waals surface area contributed by atoms with Crippen LogP contribution in [0.1, 0.15) is 15.9 Å². The maximum absolute atomic E-state index is 12.4. The van der Waals surface area contributed by atoms with E-state index in [1.807, 2.05) is 0 Å². The fourth-order valence-electron chi connectivity index (χ4n) is 1.12. The molecule has 0 aliphatic carbocycles. The van der Waals surface area contributed by atoms with E-state index >= 15 is 0 Å². The molecule has 1 N–H and O–H groups in total. The molecule has 88 valence electrons. The quantitative estimate of drug-likeness (QED) is 0.838. The second-order valence-electron chi connectivity index (χ2n) is 2.84. The van der Waals surface area contributed by atoms with E-state index in [4.69, 9.17) is 9.84 Å². The molecular weight excluding hydrogens is 340 g/mol. The Bertz CT molecular complexity index is 429. The van der Waals surface area contributed by atoms with Crippen molar-refractivity contribution < 1.29 is 27.8 Å². The highest BCUT2D eigenvalue weighted by Gasteiger charge is 2.33. The molecule has 0 amide bonds. The van der Waals surface area contributed by atoms with Crippen molar-refractivity contribution in [3.63, 3.8) is 0 Å². The Balaban J connectivity index is 3.46. The highest BCUT2D eigenvalue weighted by Crippen LogP contribution is 2.35. The van der Waals surface area contributed by atoms with Gasteiger partial charge in [0, 0.05) is 0 Å². The van der Waals surface area contributed by atoms with Gasteiger partial charge in [0.25, 0.3) is 0 Å². The van der Waals surface area contributed by atoms with Gasteiger partial charge in [-0.05, 0) is 34.7 Å². The molecule has 0 bridgehead atoms. The third kappa shape index (κ3) is 2.57. The summed E-state index contributed by atoms with van der Waals surface area (Å²) in [5, 5.41) is 8.76. The molecule has 7 heteroatoms. The second-order valence-corrected chi connectivity index (χ2v) is 4.00. The fourth-order valence-corrected chi connectivity index (χ4v) is 1.97. The van der Waals surface area contributed by atoms with E-state index < -0.39 is 23.3 Å². The van der Waals surface area contributed by atoms with Crippen molar-refractivity contribution in [3.05, 3.63) is 26.8 Å². The van der Waals surface area contributed by atoms with Crippen molar-refractivity contribution >= 4 is 28.6 Å². The SMILES string of the molecule is COc1c(I)cc(C(F)(F)F)cc1C(=O)O. The van der Waals surface area contributed by atoms with Gasteiger partial charge in [0.1, 0.15) is 11.3 Å². The Kier molecular flexibility index (Phi) is 3.66. The van der Waals surface area contributed by atoms with E-state index in [0.717, 1.165) is 6.07 Å². The van der Waals surface area contributed by atoms with Gasteiger partial charge in [-0.3, -0.25) is 0 Å². The highest BCUT2D eigenvalue weighted by molar-refractivity contribution is 14.1. The summed E-state index contributed by atoms with van der Waals surface area (Å²) in [6.45, 7) is 0. The lowest BCUT2D eigenvalue weighted by Crippen LogP contribution is -2.10. The molecule has 0 spiro atoms. The normalized spacial score (nSPS) is 11.3. The molecule has 0 saturated heterocycles. The first-order valence-corrected chi connectivity index (χ1v) is 5.03. The molecule has 0 saturated carbocycles. The van der Waals surface area contributed by atoms with Crippen molar-refractivity contribution in [2.24, 2.45) is 0 Å². The lowest BCUT2D eigenvalue weighted by atomic mass is 10.1. The summed E-state index contributed by atoms with van der Waals surface area (Å²) < 4.78 is 42.1. The number of carboxylic acid groups (broad SMARTS) is 1. The summed E-state index contributed by atoms with van der Waals surface area (Å²) >= 11 is 1.60. The maximum Gasteiger partial charge on any atom is 0.416 e. The standard InChI is InChI=1S/C9H6F3IO3/c1-16-7-5(8(14)15)2-4(3-6(7)13)9(10,11)12/h2-3H,1H3,(H,14,15). The predicted molar refractivity (Wildman–Crippen MR) is 57.7 cm³/mol. The molecule has 1 rings (SSSR count). The van der Waals surface area contributed by atoms with Crippen molar-refractivity contribution in [3.8, 4) is 5.75 Å². The van der Waals surface area contributed by atoms with E-state index in [-0.39, 0.29) is 9.32 Å². The molecule has 0 fully saturated rings. The van der Waals surface area contributed by atoms with Gasteiger partial charge in [-0.2, -0.15) is 13.2 Å². The average Bonchev–Trinajstić information content (AvgIpc) is 2.14. The Morgan fingerprint density at radius 1 is 1.44 bits per heavy atom. The minimum absolute atomic E-state index is 0.0684. The largest absolute Gasteiger partial charge is 0.495 e. The van der Waals surface area contributed by atoms with Crippen LogP contribution in [0.2, 0.25) is 0 Å². The number of carboxylic acids is 1. The molecule has 0 atom stereocenters. The van der Waals surface area contributed by atoms with E-state index in [1.54, 1.807) is 22.6 Å². The van der Waals surface area contributed by atoms with E-state index in [2.05, 4.69) is 0 Å². The number of hydrogen-bond acceptors (Lipinski definition) is 2. The molecule has 0 radical (unpaired) electrons. The molecule has 0 aromatic heterocycles. The smallest absolute Gasteiger partial charge is 0.416 e. The van der Waals surface area contributed by atoms with Crippen molar-refractivity contribution in [1.29, 1.82) is 0 Å². The Labute approximate surface area is 102 Å². The van der Waals surface area contributed by atoms with Gasteiger partial charge in [-0.1, -0.05) is 0 Å². The molecular formula is C9H6F3IO3. The number of carbonyl (C=O) groups is 1. The first-order chi connectivity index (χ1) is 7.27. The molecule has 1 aromatic carbocycles. The number of methoxy groups -OCH3 is 1. The predicted octanol–water partition coefficient (Wildman–Crippen LogP) is 3.02. The van der Waals surface area contributed by atoms with Gasteiger partial charge in [-0.25, -0.2) is 4.79 Å². The van der Waals surface area contributed by atoms with Crippen LogP contribution in [0.3, 0.4) is 0 Å². The van der Waals surface area contributed by atoms with Crippen molar-refractivity contribution in [2.45, 2.75) is 6.18 Å². The summed E-state index contributed by atoms with van der Waals surface area (Å²) in [5.74, 6) is -1.53. The zero-order valence-electron chi connectivity index (χ0n) is 7.93. The molecule has 3 nitrogen and oxygen atoms in total. The van der Waals surface area contributed by atoms with Crippen molar-refractivity contribution in [1.82, 2.24) is 0 Å².